The normalized spacial score (nSPS) is 11.0. The van der Waals surface area contributed by atoms with E-state index in [0.717, 1.165) is 44.4 Å². The van der Waals surface area contributed by atoms with Gasteiger partial charge in [-0.15, -0.1) is 0 Å². The van der Waals surface area contributed by atoms with Crippen molar-refractivity contribution in [2.45, 2.75) is 220 Å². The largest absolute Gasteiger partial charge is 0.481 e. The Kier molecular flexibility index (Phi) is 37.3. The van der Waals surface area contributed by atoms with Gasteiger partial charge in [0.05, 0.1) is 0 Å². The Hall–Kier alpha value is -0.860. The molecule has 0 rings (SSSR count). The topological polar surface area (TPSA) is 54.4 Å². The van der Waals surface area contributed by atoms with Gasteiger partial charge >= 0.3 is 5.97 Å². The van der Waals surface area contributed by atoms with E-state index in [1.807, 2.05) is 0 Å². The number of carbonyl (C=O) groups is 2. The van der Waals surface area contributed by atoms with Crippen LogP contribution in [-0.4, -0.2) is 16.9 Å². The quantitative estimate of drug-likeness (QED) is 0.0849. The highest BCUT2D eigenvalue weighted by Gasteiger charge is 2.03. The summed E-state index contributed by atoms with van der Waals surface area (Å²) in [5, 5.41) is 8.46. The van der Waals surface area contributed by atoms with Gasteiger partial charge in [0.1, 0.15) is 5.78 Å². The summed E-state index contributed by atoms with van der Waals surface area (Å²) in [6, 6.07) is 0. The molecule has 0 aromatic rings. The Bertz CT molecular complexity index is 482. The van der Waals surface area contributed by atoms with E-state index < -0.39 is 5.97 Å². The lowest BCUT2D eigenvalue weighted by molar-refractivity contribution is -0.137. The van der Waals surface area contributed by atoms with Crippen LogP contribution < -0.4 is 0 Å². The molecule has 0 amide bonds. The first-order valence-electron chi connectivity index (χ1n) is 18.2. The lowest BCUT2D eigenvalue weighted by atomic mass is 9.96. The number of carboxylic acids is 1. The molecule has 0 bridgehead atoms. The van der Waals surface area contributed by atoms with E-state index in [1.165, 1.54) is 141 Å². The summed E-state index contributed by atoms with van der Waals surface area (Å²) in [4.78, 5) is 21.8. The van der Waals surface area contributed by atoms with Crippen LogP contribution in [0.2, 0.25) is 0 Å². The Morgan fingerprint density at radius 1 is 0.425 bits per heavy atom. The number of hydrogen-bond donors (Lipinski definition) is 1. The molecular formula is C37H74O3. The molecule has 40 heavy (non-hydrogen) atoms. The molecule has 0 aliphatic carbocycles. The van der Waals surface area contributed by atoms with Gasteiger partial charge in [-0.1, -0.05) is 182 Å². The molecule has 0 fully saturated rings. The average Bonchev–Trinajstić information content (AvgIpc) is 2.93. The monoisotopic (exact) mass is 567 g/mol. The van der Waals surface area contributed by atoms with Gasteiger partial charge in [-0.2, -0.15) is 0 Å². The molecule has 0 heterocycles. The Morgan fingerprint density at radius 3 is 1.02 bits per heavy atom. The maximum Gasteiger partial charge on any atom is 0.303 e. The number of ketones is 1. The number of hydrogen-bond acceptors (Lipinski definition) is 2. The standard InChI is InChI=1S/C22H46.C15H28O3/c1-4-6-8-10-12-14-16-18-20-22(3)21-19-17-15-13-11-9-7-5-2;1-2-3-4-5-8-11-14(16)12-9-6-7-10-13-15(17)18/h22H,4-21H2,1-3H3;2-13H2,1H3,(H,17,18). The third-order valence-corrected chi connectivity index (χ3v) is 8.26. The average molecular weight is 567 g/mol. The van der Waals surface area contributed by atoms with E-state index in [1.54, 1.807) is 0 Å². The van der Waals surface area contributed by atoms with Crippen molar-refractivity contribution in [3.8, 4) is 0 Å². The van der Waals surface area contributed by atoms with Crippen molar-refractivity contribution in [3.05, 3.63) is 0 Å². The number of aliphatic carboxylic acids is 1. The molecule has 1 N–H and O–H groups in total. The highest BCUT2D eigenvalue weighted by atomic mass is 16.4. The SMILES string of the molecule is CCCCCCCC(=O)CCCCCCC(=O)O.CCCCCCCCCCC(C)CCCCCCCCCC. The van der Waals surface area contributed by atoms with Crippen LogP contribution in [0.25, 0.3) is 0 Å². The van der Waals surface area contributed by atoms with Crippen molar-refractivity contribution in [1.29, 1.82) is 0 Å². The van der Waals surface area contributed by atoms with Crippen LogP contribution >= 0.6 is 0 Å². The van der Waals surface area contributed by atoms with E-state index in [9.17, 15) is 9.59 Å². The lowest BCUT2D eigenvalue weighted by Crippen LogP contribution is -1.98. The van der Waals surface area contributed by atoms with Crippen molar-refractivity contribution in [2.75, 3.05) is 0 Å². The van der Waals surface area contributed by atoms with E-state index in [2.05, 4.69) is 27.7 Å². The second-order valence-electron chi connectivity index (χ2n) is 12.6. The molecule has 240 valence electrons. The molecule has 0 aliphatic rings. The minimum Gasteiger partial charge on any atom is -0.481 e. The molecule has 3 heteroatoms. The van der Waals surface area contributed by atoms with Gasteiger partial charge in [-0.3, -0.25) is 9.59 Å². The molecular weight excluding hydrogens is 492 g/mol. The molecule has 0 aliphatic heterocycles. The fourth-order valence-electron chi connectivity index (χ4n) is 5.40. The van der Waals surface area contributed by atoms with Crippen LogP contribution in [0, 0.1) is 5.92 Å². The minimum absolute atomic E-state index is 0.255. The summed E-state index contributed by atoms with van der Waals surface area (Å²) >= 11 is 0. The number of carbonyl (C=O) groups excluding carboxylic acids is 1. The maximum absolute atomic E-state index is 11.5. The molecule has 0 radical (unpaired) electrons. The summed E-state index contributed by atoms with van der Waals surface area (Å²) in [5.74, 6) is 0.628. The van der Waals surface area contributed by atoms with Crippen molar-refractivity contribution in [3.63, 3.8) is 0 Å². The van der Waals surface area contributed by atoms with Gasteiger partial charge in [-0.25, -0.2) is 0 Å². The van der Waals surface area contributed by atoms with Crippen molar-refractivity contribution >= 4 is 11.8 Å². The Balaban J connectivity index is 0. The lowest BCUT2D eigenvalue weighted by Gasteiger charge is -2.11. The van der Waals surface area contributed by atoms with Crippen LogP contribution in [0.3, 0.4) is 0 Å². The third-order valence-electron chi connectivity index (χ3n) is 8.26. The van der Waals surface area contributed by atoms with Gasteiger partial charge in [0.15, 0.2) is 0 Å². The molecule has 0 spiro atoms. The number of carboxylic acid groups (broad SMARTS) is 1. The fourth-order valence-corrected chi connectivity index (χ4v) is 5.40. The molecule has 0 saturated carbocycles. The van der Waals surface area contributed by atoms with Crippen LogP contribution in [0.1, 0.15) is 220 Å². The first kappa shape index (κ1) is 41.3. The fraction of sp³-hybridized carbons (Fsp3) is 0.946. The number of rotatable bonds is 31. The Morgan fingerprint density at radius 2 is 0.700 bits per heavy atom. The minimum atomic E-state index is -0.724. The van der Waals surface area contributed by atoms with Crippen LogP contribution in [0.15, 0.2) is 0 Å². The van der Waals surface area contributed by atoms with Crippen LogP contribution in [0.4, 0.5) is 0 Å². The van der Waals surface area contributed by atoms with Gasteiger partial charge in [0.2, 0.25) is 0 Å². The number of Topliss-reactive ketones (excluding diaryl/α,β-unsaturated/α-hetero) is 1. The highest BCUT2D eigenvalue weighted by molar-refractivity contribution is 5.78. The first-order chi connectivity index (χ1) is 19.5. The van der Waals surface area contributed by atoms with Crippen molar-refractivity contribution < 1.29 is 14.7 Å². The molecule has 3 nitrogen and oxygen atoms in total. The van der Waals surface area contributed by atoms with Gasteiger partial charge in [0.25, 0.3) is 0 Å². The van der Waals surface area contributed by atoms with Crippen LogP contribution in [-0.2, 0) is 9.59 Å². The molecule has 0 aromatic heterocycles. The van der Waals surface area contributed by atoms with E-state index >= 15 is 0 Å². The first-order valence-corrected chi connectivity index (χ1v) is 18.2. The predicted octanol–water partition coefficient (Wildman–Crippen LogP) is 13.0. The predicted molar refractivity (Wildman–Crippen MR) is 177 cm³/mol. The summed E-state index contributed by atoms with van der Waals surface area (Å²) in [6.07, 6.45) is 37.5. The van der Waals surface area contributed by atoms with Gasteiger partial charge in [-0.05, 0) is 25.2 Å². The van der Waals surface area contributed by atoms with Crippen LogP contribution in [0.5, 0.6) is 0 Å². The molecule has 0 aromatic carbocycles. The highest BCUT2D eigenvalue weighted by Crippen LogP contribution is 2.19. The third kappa shape index (κ3) is 39.3. The van der Waals surface area contributed by atoms with E-state index in [-0.39, 0.29) is 6.42 Å². The smallest absolute Gasteiger partial charge is 0.303 e. The van der Waals surface area contributed by atoms with Crippen molar-refractivity contribution in [1.82, 2.24) is 0 Å². The maximum atomic E-state index is 11.5. The summed E-state index contributed by atoms with van der Waals surface area (Å²) in [7, 11) is 0. The second-order valence-corrected chi connectivity index (χ2v) is 12.6. The summed E-state index contributed by atoms with van der Waals surface area (Å²) < 4.78 is 0. The van der Waals surface area contributed by atoms with Gasteiger partial charge < -0.3 is 5.11 Å². The molecule has 0 unspecified atom stereocenters. The second kappa shape index (κ2) is 36.2. The summed E-state index contributed by atoms with van der Waals surface area (Å²) in [5.41, 5.74) is 0. The van der Waals surface area contributed by atoms with Gasteiger partial charge in [0, 0.05) is 19.3 Å². The van der Waals surface area contributed by atoms with E-state index in [4.69, 9.17) is 5.11 Å². The summed E-state index contributed by atoms with van der Waals surface area (Å²) in [6.45, 7) is 9.26. The zero-order valence-electron chi connectivity index (χ0n) is 28.1. The zero-order chi connectivity index (χ0) is 29.9. The van der Waals surface area contributed by atoms with Crippen molar-refractivity contribution in [2.24, 2.45) is 5.92 Å². The molecule has 0 saturated heterocycles. The molecule has 0 atom stereocenters. The van der Waals surface area contributed by atoms with E-state index in [0.29, 0.717) is 12.2 Å². The number of unbranched alkanes of at least 4 members (excludes halogenated alkanes) is 21. The Labute approximate surface area is 252 Å². The zero-order valence-corrected chi connectivity index (χ0v) is 28.1.